The molecule has 1 aromatic heterocycles. The zero-order chi connectivity index (χ0) is 18.5. The predicted molar refractivity (Wildman–Crippen MR) is 106 cm³/mol. The van der Waals surface area contributed by atoms with Crippen LogP contribution in [-0.2, 0) is 19.4 Å². The van der Waals surface area contributed by atoms with E-state index in [0.717, 1.165) is 30.5 Å². The molecule has 27 heavy (non-hydrogen) atoms. The Hall–Kier alpha value is -2.33. The van der Waals surface area contributed by atoms with E-state index < -0.39 is 0 Å². The van der Waals surface area contributed by atoms with Crippen molar-refractivity contribution in [2.75, 3.05) is 14.2 Å². The molecule has 0 aliphatic carbocycles. The van der Waals surface area contributed by atoms with Crippen molar-refractivity contribution in [3.8, 4) is 5.75 Å². The number of rotatable bonds is 4. The molecule has 1 saturated heterocycles. The van der Waals surface area contributed by atoms with Crippen LogP contribution in [0.2, 0.25) is 0 Å². The lowest BCUT2D eigenvalue weighted by molar-refractivity contribution is 0.222. The average molecular weight is 364 g/mol. The standard InChI is InChI=1S/C23H25FN2O/c1-25-17-6-10-21(25)23-19-13-16(24)5-9-20(19)26(22(23)14-17)12-11-15-3-7-18(27-2)8-4-15/h3-5,7-9,13,17,21H,6,10-12,14H2,1-2H3. The quantitative estimate of drug-likeness (QED) is 0.666. The van der Waals surface area contributed by atoms with Gasteiger partial charge >= 0.3 is 0 Å². The van der Waals surface area contributed by atoms with E-state index in [1.54, 1.807) is 19.2 Å². The number of hydrogen-bond donors (Lipinski definition) is 0. The molecule has 3 heterocycles. The molecule has 0 N–H and O–H groups in total. The third-order valence-electron chi connectivity index (χ3n) is 6.56. The number of aromatic nitrogens is 1. The van der Waals surface area contributed by atoms with E-state index in [1.807, 2.05) is 18.2 Å². The van der Waals surface area contributed by atoms with Crippen LogP contribution in [-0.4, -0.2) is 29.7 Å². The van der Waals surface area contributed by atoms with Gasteiger partial charge in [-0.05, 0) is 67.8 Å². The minimum Gasteiger partial charge on any atom is -0.497 e. The molecule has 4 heteroatoms. The Morgan fingerprint density at radius 1 is 1.11 bits per heavy atom. The molecule has 0 spiro atoms. The van der Waals surface area contributed by atoms with Crippen LogP contribution in [0.15, 0.2) is 42.5 Å². The molecule has 2 bridgehead atoms. The highest BCUT2D eigenvalue weighted by Crippen LogP contribution is 2.46. The van der Waals surface area contributed by atoms with E-state index in [2.05, 4.69) is 28.6 Å². The molecule has 2 aliphatic heterocycles. The smallest absolute Gasteiger partial charge is 0.123 e. The predicted octanol–water partition coefficient (Wildman–Crippen LogP) is 4.72. The molecule has 3 aromatic rings. The number of benzene rings is 2. The van der Waals surface area contributed by atoms with Gasteiger partial charge in [-0.3, -0.25) is 4.90 Å². The minimum atomic E-state index is -0.139. The topological polar surface area (TPSA) is 17.4 Å². The Labute approximate surface area is 159 Å². The molecule has 0 saturated carbocycles. The largest absolute Gasteiger partial charge is 0.497 e. The summed E-state index contributed by atoms with van der Waals surface area (Å²) in [4.78, 5) is 2.50. The monoisotopic (exact) mass is 364 g/mol. The van der Waals surface area contributed by atoms with Gasteiger partial charge in [0.25, 0.3) is 0 Å². The summed E-state index contributed by atoms with van der Waals surface area (Å²) in [6.07, 6.45) is 4.46. The van der Waals surface area contributed by atoms with Gasteiger partial charge in [-0.1, -0.05) is 12.1 Å². The Morgan fingerprint density at radius 2 is 1.93 bits per heavy atom. The second-order valence-corrected chi connectivity index (χ2v) is 7.89. The molecule has 2 unspecified atom stereocenters. The highest BCUT2D eigenvalue weighted by molar-refractivity contribution is 5.86. The third kappa shape index (κ3) is 2.66. The zero-order valence-corrected chi connectivity index (χ0v) is 15.9. The van der Waals surface area contributed by atoms with Crippen LogP contribution in [0, 0.1) is 5.82 Å². The fourth-order valence-electron chi connectivity index (χ4n) is 5.12. The molecular weight excluding hydrogens is 339 g/mol. The van der Waals surface area contributed by atoms with Gasteiger partial charge in [0, 0.05) is 41.6 Å². The highest BCUT2D eigenvalue weighted by atomic mass is 19.1. The number of ether oxygens (including phenoxy) is 1. The first-order valence-corrected chi connectivity index (χ1v) is 9.81. The maximum absolute atomic E-state index is 14.0. The molecule has 2 atom stereocenters. The lowest BCUT2D eigenvalue weighted by atomic mass is 9.97. The van der Waals surface area contributed by atoms with E-state index in [9.17, 15) is 4.39 Å². The SMILES string of the molecule is COc1ccc(CCn2c3c(c4cc(F)ccc42)C2CCC(C3)N2C)cc1. The van der Waals surface area contributed by atoms with E-state index in [4.69, 9.17) is 4.74 Å². The van der Waals surface area contributed by atoms with Crippen molar-refractivity contribution >= 4 is 10.9 Å². The van der Waals surface area contributed by atoms with Gasteiger partial charge in [-0.15, -0.1) is 0 Å². The molecule has 1 fully saturated rings. The number of nitrogens with zero attached hydrogens (tertiary/aromatic N) is 2. The van der Waals surface area contributed by atoms with Crippen LogP contribution in [0.25, 0.3) is 10.9 Å². The summed E-state index contributed by atoms with van der Waals surface area (Å²) in [6.45, 7) is 0.924. The fraction of sp³-hybridized carbons (Fsp3) is 0.391. The highest BCUT2D eigenvalue weighted by Gasteiger charge is 2.40. The van der Waals surface area contributed by atoms with Gasteiger partial charge in [0.2, 0.25) is 0 Å². The summed E-state index contributed by atoms with van der Waals surface area (Å²) in [5, 5.41) is 1.11. The first kappa shape index (κ1) is 16.8. The van der Waals surface area contributed by atoms with E-state index in [1.165, 1.54) is 35.2 Å². The molecule has 0 amide bonds. The summed E-state index contributed by atoms with van der Waals surface area (Å²) in [5.41, 5.74) is 5.27. The minimum absolute atomic E-state index is 0.139. The van der Waals surface area contributed by atoms with Crippen molar-refractivity contribution in [1.29, 1.82) is 0 Å². The molecule has 2 aromatic carbocycles. The second-order valence-electron chi connectivity index (χ2n) is 7.89. The van der Waals surface area contributed by atoms with Crippen LogP contribution in [0.1, 0.15) is 35.7 Å². The van der Waals surface area contributed by atoms with Crippen molar-refractivity contribution in [3.63, 3.8) is 0 Å². The van der Waals surface area contributed by atoms with Crippen molar-refractivity contribution in [2.45, 2.75) is 44.3 Å². The van der Waals surface area contributed by atoms with E-state index >= 15 is 0 Å². The van der Waals surface area contributed by atoms with Crippen LogP contribution in [0.3, 0.4) is 0 Å². The molecule has 2 aliphatic rings. The van der Waals surface area contributed by atoms with E-state index in [0.29, 0.717) is 12.1 Å². The number of likely N-dealkylation sites (N-methyl/N-ethyl adjacent to an activating group) is 1. The lowest BCUT2D eigenvalue weighted by Gasteiger charge is -2.32. The fourth-order valence-corrected chi connectivity index (χ4v) is 5.12. The number of aryl methyl sites for hydroxylation is 2. The van der Waals surface area contributed by atoms with Crippen LogP contribution < -0.4 is 4.74 Å². The number of halogens is 1. The van der Waals surface area contributed by atoms with Crippen molar-refractivity contribution in [1.82, 2.24) is 9.47 Å². The Kier molecular flexibility index (Phi) is 3.97. The molecule has 3 nitrogen and oxygen atoms in total. The maximum Gasteiger partial charge on any atom is 0.123 e. The number of hydrogen-bond acceptors (Lipinski definition) is 2. The van der Waals surface area contributed by atoms with Gasteiger partial charge in [-0.2, -0.15) is 0 Å². The molecule has 0 radical (unpaired) electrons. The van der Waals surface area contributed by atoms with Gasteiger partial charge in [0.15, 0.2) is 0 Å². The van der Waals surface area contributed by atoms with Gasteiger partial charge in [0.1, 0.15) is 11.6 Å². The average Bonchev–Trinajstić information content (AvgIpc) is 3.10. The first-order chi connectivity index (χ1) is 13.2. The van der Waals surface area contributed by atoms with Crippen molar-refractivity contribution in [3.05, 3.63) is 65.1 Å². The zero-order valence-electron chi connectivity index (χ0n) is 15.9. The number of fused-ring (bicyclic) bond motifs is 6. The lowest BCUT2D eigenvalue weighted by Crippen LogP contribution is -2.34. The summed E-state index contributed by atoms with van der Waals surface area (Å²) in [6, 6.07) is 14.7. The Morgan fingerprint density at radius 3 is 2.70 bits per heavy atom. The Balaban J connectivity index is 1.55. The molecular formula is C23H25FN2O. The summed E-state index contributed by atoms with van der Waals surface area (Å²) >= 11 is 0. The van der Waals surface area contributed by atoms with Crippen LogP contribution >= 0.6 is 0 Å². The molecule has 5 rings (SSSR count). The number of methoxy groups -OCH3 is 1. The first-order valence-electron chi connectivity index (χ1n) is 9.81. The summed E-state index contributed by atoms with van der Waals surface area (Å²) < 4.78 is 21.8. The maximum atomic E-state index is 14.0. The summed E-state index contributed by atoms with van der Waals surface area (Å²) in [5.74, 6) is 0.748. The van der Waals surface area contributed by atoms with Crippen molar-refractivity contribution in [2.24, 2.45) is 0 Å². The molecule has 140 valence electrons. The Bertz CT molecular complexity index is 992. The summed E-state index contributed by atoms with van der Waals surface area (Å²) in [7, 11) is 3.92. The van der Waals surface area contributed by atoms with Crippen molar-refractivity contribution < 1.29 is 9.13 Å². The van der Waals surface area contributed by atoms with Crippen LogP contribution in [0.5, 0.6) is 5.75 Å². The van der Waals surface area contributed by atoms with Gasteiger partial charge in [0.05, 0.1) is 7.11 Å². The van der Waals surface area contributed by atoms with Gasteiger partial charge in [-0.25, -0.2) is 4.39 Å². The van der Waals surface area contributed by atoms with Crippen LogP contribution in [0.4, 0.5) is 4.39 Å². The third-order valence-corrected chi connectivity index (χ3v) is 6.56. The van der Waals surface area contributed by atoms with E-state index in [-0.39, 0.29) is 5.82 Å². The van der Waals surface area contributed by atoms with Gasteiger partial charge < -0.3 is 9.30 Å². The second kappa shape index (κ2) is 6.38. The normalized spacial score (nSPS) is 21.6.